The lowest BCUT2D eigenvalue weighted by Gasteiger charge is -2.57. The van der Waals surface area contributed by atoms with Crippen LogP contribution < -0.4 is 0 Å². The summed E-state index contributed by atoms with van der Waals surface area (Å²) in [5.74, 6) is 2.59. The number of carbonyl (C=O) groups excluding carboxylic acids is 1. The second kappa shape index (κ2) is 5.25. The van der Waals surface area contributed by atoms with E-state index in [-0.39, 0.29) is 29.0 Å². The third-order valence-electron chi connectivity index (χ3n) is 8.91. The number of rotatable bonds is 2. The Kier molecular flexibility index (Phi) is 3.39. The molecular weight excluding hydrogens is 312 g/mol. The number of carbonyl (C=O) groups is 1. The summed E-state index contributed by atoms with van der Waals surface area (Å²) in [6, 6.07) is 0. The fraction of sp³-hybridized carbons (Fsp3) is 0.857. The molecule has 0 saturated heterocycles. The third-order valence-corrected chi connectivity index (χ3v) is 8.91. The maximum Gasteiger partial charge on any atom is 0.238 e. The van der Waals surface area contributed by atoms with Crippen molar-refractivity contribution in [1.29, 1.82) is 0 Å². The fourth-order valence-electron chi connectivity index (χ4n) is 7.44. The standard InChI is InChI=1S/C21H30N2O2/c1-20-9-7-13(24)11-12(20)3-4-14-15-5-6-17(18(25)19-22-23-19)21(15,2)10-8-16(14)20/h3,13-17,19,24H,4-11H2,1-2H3/t13-,14+,15+,16+,17-,20-,21-/m0/s1. The Morgan fingerprint density at radius 2 is 1.92 bits per heavy atom. The highest BCUT2D eigenvalue weighted by Gasteiger charge is 2.60. The summed E-state index contributed by atoms with van der Waals surface area (Å²) in [6.07, 6.45) is 10.8. The van der Waals surface area contributed by atoms with Gasteiger partial charge in [0.1, 0.15) is 0 Å². The fourth-order valence-corrected chi connectivity index (χ4v) is 7.44. The van der Waals surface area contributed by atoms with E-state index in [4.69, 9.17) is 0 Å². The van der Waals surface area contributed by atoms with Gasteiger partial charge in [0.15, 0.2) is 5.78 Å². The van der Waals surface area contributed by atoms with Gasteiger partial charge in [-0.05, 0) is 80.0 Å². The van der Waals surface area contributed by atoms with Crippen LogP contribution in [0.4, 0.5) is 0 Å². The highest BCUT2D eigenvalue weighted by Crippen LogP contribution is 2.66. The van der Waals surface area contributed by atoms with E-state index in [0.29, 0.717) is 17.6 Å². The van der Waals surface area contributed by atoms with E-state index in [1.807, 2.05) is 0 Å². The van der Waals surface area contributed by atoms with Crippen molar-refractivity contribution < 1.29 is 9.90 Å². The molecule has 5 rings (SSSR count). The SMILES string of the molecule is C[C@]12CC[C@@H]3[C@H](CC=C4C[C@@H](O)CC[C@@]43C)[C@H]1CC[C@H]2C(=O)C1N=N1. The van der Waals surface area contributed by atoms with Crippen molar-refractivity contribution in [2.45, 2.75) is 77.5 Å². The normalized spacial score (nSPS) is 51.3. The van der Waals surface area contributed by atoms with Crippen LogP contribution in [0.3, 0.4) is 0 Å². The first kappa shape index (κ1) is 16.2. The van der Waals surface area contributed by atoms with Crippen LogP contribution in [0.25, 0.3) is 0 Å². The highest BCUT2D eigenvalue weighted by atomic mass is 16.3. The molecule has 0 unspecified atom stereocenters. The molecule has 3 saturated carbocycles. The summed E-state index contributed by atoms with van der Waals surface area (Å²) in [7, 11) is 0. The van der Waals surface area contributed by atoms with E-state index >= 15 is 0 Å². The zero-order valence-corrected chi connectivity index (χ0v) is 15.4. The average Bonchev–Trinajstić information content (AvgIpc) is 3.37. The predicted octanol–water partition coefficient (Wildman–Crippen LogP) is 4.29. The Balaban J connectivity index is 1.44. The lowest BCUT2D eigenvalue weighted by molar-refractivity contribution is -0.129. The molecule has 25 heavy (non-hydrogen) atoms. The van der Waals surface area contributed by atoms with E-state index in [2.05, 4.69) is 30.2 Å². The minimum Gasteiger partial charge on any atom is -0.393 e. The van der Waals surface area contributed by atoms with Gasteiger partial charge in [0.25, 0.3) is 0 Å². The molecule has 4 nitrogen and oxygen atoms in total. The number of aliphatic hydroxyl groups is 1. The number of aliphatic hydroxyl groups excluding tert-OH is 1. The smallest absolute Gasteiger partial charge is 0.238 e. The van der Waals surface area contributed by atoms with Gasteiger partial charge in [-0.25, -0.2) is 0 Å². The van der Waals surface area contributed by atoms with Gasteiger partial charge in [-0.2, -0.15) is 10.2 Å². The molecule has 1 heterocycles. The number of hydrogen-bond acceptors (Lipinski definition) is 4. The summed E-state index contributed by atoms with van der Waals surface area (Å²) in [5, 5.41) is 17.9. The van der Waals surface area contributed by atoms with E-state index in [1.54, 1.807) is 0 Å². The van der Waals surface area contributed by atoms with Crippen LogP contribution in [-0.4, -0.2) is 23.2 Å². The third kappa shape index (κ3) is 2.19. The Morgan fingerprint density at radius 3 is 2.68 bits per heavy atom. The zero-order valence-electron chi connectivity index (χ0n) is 15.4. The summed E-state index contributed by atoms with van der Waals surface area (Å²) in [4.78, 5) is 12.7. The minimum absolute atomic E-state index is 0.135. The molecule has 5 aliphatic rings. The van der Waals surface area contributed by atoms with Crippen LogP contribution in [0, 0.1) is 34.5 Å². The van der Waals surface area contributed by atoms with Gasteiger partial charge < -0.3 is 5.11 Å². The molecule has 3 fully saturated rings. The topological polar surface area (TPSA) is 62.0 Å². The minimum atomic E-state index is -0.325. The number of fused-ring (bicyclic) bond motifs is 5. The van der Waals surface area contributed by atoms with Gasteiger partial charge in [-0.3, -0.25) is 4.79 Å². The van der Waals surface area contributed by atoms with Gasteiger partial charge in [0.2, 0.25) is 6.17 Å². The summed E-state index contributed by atoms with van der Waals surface area (Å²) < 4.78 is 0. The molecule has 0 amide bonds. The lowest BCUT2D eigenvalue weighted by atomic mass is 9.47. The van der Waals surface area contributed by atoms with Crippen LogP contribution in [0.2, 0.25) is 0 Å². The highest BCUT2D eigenvalue weighted by molar-refractivity contribution is 5.88. The Bertz CT molecular complexity index is 665. The Labute approximate surface area is 150 Å². The first-order valence-electron chi connectivity index (χ1n) is 10.2. The molecule has 7 atom stereocenters. The van der Waals surface area contributed by atoms with E-state index < -0.39 is 0 Å². The molecule has 1 aliphatic heterocycles. The van der Waals surface area contributed by atoms with Gasteiger partial charge in [0.05, 0.1) is 6.10 Å². The average molecular weight is 342 g/mol. The van der Waals surface area contributed by atoms with Crippen LogP contribution in [0.15, 0.2) is 21.9 Å². The predicted molar refractivity (Wildman–Crippen MR) is 94.9 cm³/mol. The first-order valence-corrected chi connectivity index (χ1v) is 10.2. The van der Waals surface area contributed by atoms with Crippen molar-refractivity contribution in [3.05, 3.63) is 11.6 Å². The van der Waals surface area contributed by atoms with Gasteiger partial charge in [-0.15, -0.1) is 0 Å². The summed E-state index contributed by atoms with van der Waals surface area (Å²) in [5.41, 5.74) is 1.96. The molecule has 136 valence electrons. The van der Waals surface area contributed by atoms with Crippen molar-refractivity contribution >= 4 is 5.78 Å². The molecule has 0 aromatic rings. The van der Waals surface area contributed by atoms with E-state index in [9.17, 15) is 9.90 Å². The molecule has 1 N–H and O–H groups in total. The molecule has 0 aromatic heterocycles. The number of hydrogen-bond donors (Lipinski definition) is 1. The molecule has 4 aliphatic carbocycles. The largest absolute Gasteiger partial charge is 0.393 e. The van der Waals surface area contributed by atoms with Crippen LogP contribution >= 0.6 is 0 Å². The molecule has 0 radical (unpaired) electrons. The van der Waals surface area contributed by atoms with Crippen molar-refractivity contribution in [1.82, 2.24) is 0 Å². The summed E-state index contributed by atoms with van der Waals surface area (Å²) in [6.45, 7) is 4.85. The van der Waals surface area contributed by atoms with Crippen molar-refractivity contribution in [2.75, 3.05) is 0 Å². The Morgan fingerprint density at radius 1 is 1.12 bits per heavy atom. The second-order valence-corrected chi connectivity index (χ2v) is 9.84. The molecule has 0 aromatic carbocycles. The number of ketones is 1. The maximum absolute atomic E-state index is 12.7. The van der Waals surface area contributed by atoms with Gasteiger partial charge >= 0.3 is 0 Å². The molecule has 0 spiro atoms. The van der Waals surface area contributed by atoms with Crippen molar-refractivity contribution in [3.8, 4) is 0 Å². The molecular formula is C21H30N2O2. The first-order chi connectivity index (χ1) is 11.9. The lowest BCUT2D eigenvalue weighted by Crippen LogP contribution is -2.51. The molecule has 0 bridgehead atoms. The quantitative estimate of drug-likeness (QED) is 0.761. The number of Topliss-reactive ketones (excluding diaryl/α,β-unsaturated/α-hetero) is 1. The molecule has 4 heteroatoms. The van der Waals surface area contributed by atoms with E-state index in [1.165, 1.54) is 24.8 Å². The van der Waals surface area contributed by atoms with Crippen molar-refractivity contribution in [3.63, 3.8) is 0 Å². The van der Waals surface area contributed by atoms with E-state index in [0.717, 1.165) is 38.0 Å². The van der Waals surface area contributed by atoms with Crippen molar-refractivity contribution in [2.24, 2.45) is 44.7 Å². The van der Waals surface area contributed by atoms with Crippen LogP contribution in [0.5, 0.6) is 0 Å². The van der Waals surface area contributed by atoms with Crippen LogP contribution in [0.1, 0.15) is 65.2 Å². The summed E-state index contributed by atoms with van der Waals surface area (Å²) >= 11 is 0. The Hall–Kier alpha value is -1.03. The van der Waals surface area contributed by atoms with Gasteiger partial charge in [0, 0.05) is 5.92 Å². The second-order valence-electron chi connectivity index (χ2n) is 9.84. The zero-order chi connectivity index (χ0) is 17.4. The maximum atomic E-state index is 12.7. The van der Waals surface area contributed by atoms with Crippen LogP contribution in [-0.2, 0) is 4.79 Å². The number of nitrogens with zero attached hydrogens (tertiary/aromatic N) is 2. The monoisotopic (exact) mass is 342 g/mol. The number of allylic oxidation sites excluding steroid dienone is 1. The van der Waals surface area contributed by atoms with Gasteiger partial charge in [-0.1, -0.05) is 25.5 Å².